The minimum Gasteiger partial charge on any atom is -0.493 e. The van der Waals surface area contributed by atoms with Crippen LogP contribution >= 0.6 is 0 Å². The number of nitrogens with two attached hydrogens (primary N) is 4. The molecule has 24 nitrogen and oxygen atoms in total. The average molecular weight is 1710 g/mol. The van der Waals surface area contributed by atoms with Crippen LogP contribution < -0.4 is 60.8 Å². The second-order valence-electron chi connectivity index (χ2n) is 33.7. The number of hydrogen-bond acceptors (Lipinski definition) is 24. The Morgan fingerprint density at radius 2 is 0.583 bits per heavy atom. The molecule has 12 rings (SSSR count). The molecule has 20 atom stereocenters. The topological polar surface area (TPSA) is 296 Å². The standard InChI is InChI=1S/4C24H38N2O4/c4*1-14(2)9-17-13-26-8-7-16-10-21(28-5)22(29-6)11-18(16)19(26)12-20(17)30-24(27)23(25)15(3)4/h4*10-11,14-15,17,19-20,23H,7-9,12-13,25H2,1-6H3/t4*17?,19?,20?,23-/m0000/s1/i1D3,9D2,14D,20D;2*1D3,5D3,9D2,14D;1D3,9D2,14D/t4*14?,17?,19?,20?,23-. The van der Waals surface area contributed by atoms with Crippen LogP contribution in [0.25, 0.3) is 0 Å². The summed E-state index contributed by atoms with van der Waals surface area (Å²) in [4.78, 5) is 59.7. The number of esters is 4. The van der Waals surface area contributed by atoms with Crippen LogP contribution in [0.5, 0.6) is 46.0 Å². The highest BCUT2D eigenvalue weighted by atomic mass is 16.6. The van der Waals surface area contributed by atoms with E-state index in [-0.39, 0.29) is 117 Å². The minimum atomic E-state index is -2.98. The van der Waals surface area contributed by atoms with Crippen LogP contribution in [0.3, 0.4) is 0 Å². The number of nitrogens with zero attached hydrogens (tertiary/aromatic N) is 4. The van der Waals surface area contributed by atoms with Crippen molar-refractivity contribution in [3.63, 3.8) is 0 Å². The van der Waals surface area contributed by atoms with Gasteiger partial charge >= 0.3 is 23.9 Å². The van der Waals surface area contributed by atoms with E-state index >= 15 is 0 Å². The number of ether oxygens (including phenoxy) is 12. The van der Waals surface area contributed by atoms with Crippen LogP contribution in [-0.2, 0) is 63.8 Å². The molecule has 16 unspecified atom stereocenters. The number of piperidine rings is 4. The van der Waals surface area contributed by atoms with Crippen molar-refractivity contribution in [2.45, 2.75) is 260 Å². The number of carbonyl (C=O) groups is 4. The van der Waals surface area contributed by atoms with Crippen LogP contribution in [0.4, 0.5) is 0 Å². The zero-order chi connectivity index (χ0) is 115. The number of benzene rings is 4. The van der Waals surface area contributed by atoms with Gasteiger partial charge in [-0.1, -0.05) is 110 Å². The molecular weight excluding hydrogens is 1520 g/mol. The van der Waals surface area contributed by atoms with E-state index in [1.54, 1.807) is 101 Å². The van der Waals surface area contributed by atoms with E-state index in [2.05, 4.69) is 4.90 Å². The van der Waals surface area contributed by atoms with E-state index in [1.165, 1.54) is 21.3 Å². The fourth-order valence-corrected chi connectivity index (χ4v) is 17.1. The van der Waals surface area contributed by atoms with Crippen molar-refractivity contribution in [2.24, 2.45) is 93.9 Å². The van der Waals surface area contributed by atoms with Crippen LogP contribution in [0.2, 0.25) is 0 Å². The summed E-state index contributed by atoms with van der Waals surface area (Å²) in [5, 5.41) is 0. The number of hydrogen-bond donors (Lipinski definition) is 4. The van der Waals surface area contributed by atoms with E-state index < -0.39 is 193 Å². The molecule has 0 aromatic heterocycles. The van der Waals surface area contributed by atoms with Crippen LogP contribution in [0.15, 0.2) is 48.5 Å². The lowest BCUT2D eigenvalue weighted by Crippen LogP contribution is -2.51. The zero-order valence-corrected chi connectivity index (χ0v) is 73.0. The number of methoxy groups -OCH3 is 8. The van der Waals surface area contributed by atoms with E-state index in [4.69, 9.17) is 121 Å². The summed E-state index contributed by atoms with van der Waals surface area (Å²) in [6, 6.07) is 8.88. The first-order valence-corrected chi connectivity index (χ1v) is 41.5. The Bertz CT molecular complexity index is 5230. The van der Waals surface area contributed by atoms with Crippen molar-refractivity contribution < 1.29 is 119 Å². The third-order valence-corrected chi connectivity index (χ3v) is 24.0. The van der Waals surface area contributed by atoms with Crippen molar-refractivity contribution in [2.75, 3.05) is 109 Å². The van der Waals surface area contributed by atoms with Gasteiger partial charge in [-0.2, -0.15) is 0 Å². The highest BCUT2D eigenvalue weighted by Gasteiger charge is 2.47. The molecule has 4 aromatic carbocycles. The SMILES string of the molecule is [2H]C([2H])([2H])C([2H])(C)C([2H])([2H])C1CN2CCc3cc(OC)c(OC)cc3C2CC1OC(=O)[C@@H](N)C(C)C.[2H]C([2H])([2H])Oc1cc2c(cc1OC)C1CC(OC(=O)[C@@H](N)C(C)C)C(C([2H])([2H])C([2H])(C)C([2H])([2H])[2H])CN1CC2.[2H]C([2H])([2H])Oc1cc2c(cc1OC)C1CC(OC(=O)[C@@H](N)C(C)C)C(C([2H])([2H])C([2H])(C)C([2H])([2H])[2H])CN1CC2.[2H]C1(OC(=O)[C@@H](N)C(C)C)CC2c3cc(OC)c(OC)cc3CCN2CC1C([2H])([2H])C([2H])(C)C([2H])([2H])[2H]. The van der Waals surface area contributed by atoms with E-state index in [1.807, 2.05) is 39.0 Å². The number of rotatable bonds is 28. The lowest BCUT2D eigenvalue weighted by Gasteiger charge is -2.47. The first-order valence-electron chi connectivity index (χ1n) is 57.0. The van der Waals surface area contributed by atoms with Crippen LogP contribution in [0.1, 0.15) is 273 Å². The molecule has 8 aliphatic heterocycles. The van der Waals surface area contributed by atoms with Gasteiger partial charge in [0, 0.05) is 159 Å². The van der Waals surface area contributed by atoms with Gasteiger partial charge in [-0.15, -0.1) is 0 Å². The first-order chi connectivity index (χ1) is 68.9. The number of fused-ring (bicyclic) bond motifs is 12. The molecule has 4 fully saturated rings. The van der Waals surface area contributed by atoms with Crippen molar-refractivity contribution in [1.29, 1.82) is 0 Å². The van der Waals surface area contributed by atoms with Gasteiger partial charge in [0.2, 0.25) is 0 Å². The first kappa shape index (κ1) is 61.2. The Balaban J connectivity index is 0.000000223. The van der Waals surface area contributed by atoms with Gasteiger partial charge in [-0.05, 0) is 191 Å². The quantitative estimate of drug-likeness (QED) is 0.0303. The second-order valence-corrected chi connectivity index (χ2v) is 33.7. The maximum atomic E-state index is 13.0. The minimum absolute atomic E-state index is 0.0341. The molecule has 0 radical (unpaired) electrons. The average Bonchev–Trinajstić information content (AvgIpc) is 0.619. The highest BCUT2D eigenvalue weighted by Crippen LogP contribution is 2.50. The molecule has 0 aliphatic carbocycles. The predicted octanol–water partition coefficient (Wildman–Crippen LogP) is 14.3. The number of carbonyl (C=O) groups excluding carboxylic acids is 4. The van der Waals surface area contributed by atoms with E-state index in [0.29, 0.717) is 74.9 Å². The maximum absolute atomic E-state index is 13.0. The monoisotopic (exact) mass is 1700 g/mol. The highest BCUT2D eigenvalue weighted by molar-refractivity contribution is 5.77. The second kappa shape index (κ2) is 43.9. The molecule has 8 aliphatic rings. The Labute approximate surface area is 762 Å². The summed E-state index contributed by atoms with van der Waals surface area (Å²) < 4.78 is 319. The third kappa shape index (κ3) is 23.8. The molecule has 672 valence electrons. The fourth-order valence-electron chi connectivity index (χ4n) is 17.1. The van der Waals surface area contributed by atoms with Crippen molar-refractivity contribution in [3.05, 3.63) is 93.0 Å². The lowest BCUT2D eigenvalue weighted by atomic mass is 9.79. The molecule has 8 heterocycles. The summed E-state index contributed by atoms with van der Waals surface area (Å²) in [6.45, 7) is 8.67. The van der Waals surface area contributed by atoms with Gasteiger partial charge in [0.15, 0.2) is 46.0 Å². The maximum Gasteiger partial charge on any atom is 0.323 e. The smallest absolute Gasteiger partial charge is 0.323 e. The van der Waals surface area contributed by atoms with Crippen molar-refractivity contribution in [3.8, 4) is 46.0 Å². The zero-order valence-electron chi connectivity index (χ0n) is 104. The van der Waals surface area contributed by atoms with Gasteiger partial charge in [-0.25, -0.2) is 0 Å². The van der Waals surface area contributed by atoms with Crippen LogP contribution in [0, 0.1) is 70.9 Å². The lowest BCUT2D eigenvalue weighted by molar-refractivity contribution is -0.161. The molecule has 4 saturated heterocycles. The molecule has 0 amide bonds. The molecule has 4 aromatic rings. The Hall–Kier alpha value is -7.16. The largest absolute Gasteiger partial charge is 0.493 e. The van der Waals surface area contributed by atoms with Gasteiger partial charge in [0.25, 0.3) is 0 Å². The summed E-state index contributed by atoms with van der Waals surface area (Å²) in [5.41, 5.74) is 31.1. The van der Waals surface area contributed by atoms with Gasteiger partial charge in [0.1, 0.15) is 48.6 Å². The third-order valence-electron chi connectivity index (χ3n) is 24.0. The van der Waals surface area contributed by atoms with Gasteiger partial charge in [0.05, 0.1) is 66.3 Å². The van der Waals surface area contributed by atoms with Crippen molar-refractivity contribution >= 4 is 23.9 Å². The Morgan fingerprint density at radius 1 is 0.358 bits per heavy atom. The molecule has 8 N–H and O–H groups in total. The normalized spacial score (nSPS) is 32.4. The molecule has 24 heteroatoms. The van der Waals surface area contributed by atoms with E-state index in [0.717, 1.165) is 72.2 Å². The fraction of sp³-hybridized carbons (Fsp3) is 0.708. The summed E-state index contributed by atoms with van der Waals surface area (Å²) in [7, 11) is 3.62. The summed E-state index contributed by atoms with van der Waals surface area (Å²) in [5.74, 6) is -15.8. The molecular formula is C96H152N8O16. The van der Waals surface area contributed by atoms with Crippen molar-refractivity contribution in [1.82, 2.24) is 19.6 Å². The summed E-state index contributed by atoms with van der Waals surface area (Å²) >= 11 is 0. The predicted molar refractivity (Wildman–Crippen MR) is 471 cm³/mol. The summed E-state index contributed by atoms with van der Waals surface area (Å²) in [6.07, 6.45) is -13.0. The molecule has 120 heavy (non-hydrogen) atoms. The molecule has 0 bridgehead atoms. The van der Waals surface area contributed by atoms with Crippen LogP contribution in [-0.4, -0.2) is 201 Å². The van der Waals surface area contributed by atoms with Gasteiger partial charge in [-0.3, -0.25) is 38.8 Å². The Morgan fingerprint density at radius 3 is 0.825 bits per heavy atom. The molecule has 0 spiro atoms. The Kier molecular flexibility index (Phi) is 22.4. The van der Waals surface area contributed by atoms with E-state index in [9.17, 15) is 20.5 Å². The van der Waals surface area contributed by atoms with Gasteiger partial charge < -0.3 is 79.8 Å². The molecule has 0 saturated carbocycles.